The van der Waals surface area contributed by atoms with E-state index in [1.54, 1.807) is 6.92 Å². The van der Waals surface area contributed by atoms with Crippen LogP contribution in [0.25, 0.3) is 10.8 Å². The zero-order valence-electron chi connectivity index (χ0n) is 16.0. The van der Waals surface area contributed by atoms with Crippen LogP contribution in [0.4, 0.5) is 0 Å². The number of carbonyl (C=O) groups excluding carboxylic acids is 2. The van der Waals surface area contributed by atoms with E-state index in [1.165, 1.54) is 16.3 Å². The second-order valence-electron chi connectivity index (χ2n) is 7.34. The summed E-state index contributed by atoms with van der Waals surface area (Å²) in [6.07, 6.45) is 1.12. The first-order valence-electron chi connectivity index (χ1n) is 9.71. The van der Waals surface area contributed by atoms with Gasteiger partial charge in [0.2, 0.25) is 11.8 Å². The minimum absolute atomic E-state index is 0.0156. The van der Waals surface area contributed by atoms with Gasteiger partial charge in [-0.1, -0.05) is 60.7 Å². The van der Waals surface area contributed by atoms with Crippen molar-refractivity contribution in [2.75, 3.05) is 6.54 Å². The third kappa shape index (κ3) is 3.77. The molecule has 142 valence electrons. The monoisotopic (exact) mass is 372 g/mol. The number of nitrogens with zero attached hydrogens (tertiary/aromatic N) is 1. The Hall–Kier alpha value is -3.14. The van der Waals surface area contributed by atoms with Crippen LogP contribution >= 0.6 is 0 Å². The molecule has 0 bridgehead atoms. The first kappa shape index (κ1) is 18.2. The predicted octanol–water partition coefficient (Wildman–Crippen LogP) is 3.99. The Morgan fingerprint density at radius 3 is 2.57 bits per heavy atom. The van der Waals surface area contributed by atoms with E-state index in [-0.39, 0.29) is 24.3 Å². The van der Waals surface area contributed by atoms with Gasteiger partial charge in [-0.05, 0) is 39.9 Å². The smallest absolute Gasteiger partial charge is 0.222 e. The second kappa shape index (κ2) is 7.85. The minimum Gasteiger partial charge on any atom is -0.352 e. The van der Waals surface area contributed by atoms with Gasteiger partial charge in [-0.25, -0.2) is 0 Å². The largest absolute Gasteiger partial charge is 0.352 e. The second-order valence-corrected chi connectivity index (χ2v) is 7.34. The molecule has 4 heteroatoms. The van der Waals surface area contributed by atoms with E-state index >= 15 is 0 Å². The lowest BCUT2D eigenvalue weighted by molar-refractivity contribution is -0.133. The van der Waals surface area contributed by atoms with Crippen molar-refractivity contribution in [1.82, 2.24) is 10.2 Å². The van der Waals surface area contributed by atoms with Gasteiger partial charge in [0.15, 0.2) is 0 Å². The maximum Gasteiger partial charge on any atom is 0.222 e. The van der Waals surface area contributed by atoms with E-state index < -0.39 is 0 Å². The van der Waals surface area contributed by atoms with Crippen molar-refractivity contribution in [3.05, 3.63) is 83.4 Å². The van der Waals surface area contributed by atoms with Gasteiger partial charge in [0.05, 0.1) is 12.5 Å². The zero-order chi connectivity index (χ0) is 19.5. The number of fused-ring (bicyclic) bond motifs is 2. The molecule has 0 aromatic heterocycles. The van der Waals surface area contributed by atoms with Crippen LogP contribution in [-0.4, -0.2) is 23.3 Å². The molecular formula is C24H24N2O2. The van der Waals surface area contributed by atoms with Crippen LogP contribution in [0.15, 0.2) is 66.7 Å². The number of nitrogens with one attached hydrogen (secondary N) is 1. The molecule has 0 saturated heterocycles. The molecule has 0 saturated carbocycles. The fraction of sp³-hybridized carbons (Fsp3) is 0.250. The Balaban J connectivity index is 1.46. The molecular weight excluding hydrogens is 348 g/mol. The standard InChI is InChI=1S/C24H24N2O2/c1-17(27)26-13-12-20-7-4-5-9-22(20)23(26)15-24(28)25-16-18-10-11-19-6-2-3-8-21(19)14-18/h2-11,14,23H,12-13,15-16H2,1H3,(H,25,28)/t23-/m0/s1. The summed E-state index contributed by atoms with van der Waals surface area (Å²) in [7, 11) is 0. The van der Waals surface area contributed by atoms with Gasteiger partial charge in [-0.3, -0.25) is 9.59 Å². The fourth-order valence-corrected chi connectivity index (χ4v) is 4.05. The van der Waals surface area contributed by atoms with E-state index in [1.807, 2.05) is 41.3 Å². The van der Waals surface area contributed by atoms with Crippen LogP contribution in [0.2, 0.25) is 0 Å². The van der Waals surface area contributed by atoms with Crippen LogP contribution in [-0.2, 0) is 22.6 Å². The highest BCUT2D eigenvalue weighted by Gasteiger charge is 2.30. The maximum atomic E-state index is 12.7. The quantitative estimate of drug-likeness (QED) is 0.753. The summed E-state index contributed by atoms with van der Waals surface area (Å²) in [5.74, 6) is -0.0251. The van der Waals surface area contributed by atoms with Crippen LogP contribution in [0.1, 0.15) is 36.1 Å². The molecule has 2 amide bonds. The van der Waals surface area contributed by atoms with Gasteiger partial charge in [0.25, 0.3) is 0 Å². The van der Waals surface area contributed by atoms with E-state index in [0.717, 1.165) is 17.5 Å². The first-order chi connectivity index (χ1) is 13.6. The van der Waals surface area contributed by atoms with Crippen molar-refractivity contribution >= 4 is 22.6 Å². The van der Waals surface area contributed by atoms with Crippen molar-refractivity contribution in [3.63, 3.8) is 0 Å². The summed E-state index contributed by atoms with van der Waals surface area (Å²) in [5.41, 5.74) is 3.39. The van der Waals surface area contributed by atoms with Crippen molar-refractivity contribution in [2.45, 2.75) is 32.4 Å². The number of benzene rings is 3. The van der Waals surface area contributed by atoms with Gasteiger partial charge >= 0.3 is 0 Å². The summed E-state index contributed by atoms with van der Waals surface area (Å²) < 4.78 is 0. The van der Waals surface area contributed by atoms with Crippen molar-refractivity contribution in [2.24, 2.45) is 0 Å². The summed E-state index contributed by atoms with van der Waals surface area (Å²) in [6.45, 7) is 2.72. The van der Waals surface area contributed by atoms with Gasteiger partial charge in [-0.2, -0.15) is 0 Å². The molecule has 1 aliphatic heterocycles. The van der Waals surface area contributed by atoms with Crippen LogP contribution in [0.3, 0.4) is 0 Å². The highest BCUT2D eigenvalue weighted by atomic mass is 16.2. The summed E-state index contributed by atoms with van der Waals surface area (Å²) >= 11 is 0. The number of hydrogen-bond acceptors (Lipinski definition) is 2. The van der Waals surface area contributed by atoms with E-state index in [4.69, 9.17) is 0 Å². The third-order valence-electron chi connectivity index (χ3n) is 5.50. The molecule has 1 heterocycles. The number of hydrogen-bond donors (Lipinski definition) is 1. The molecule has 3 aromatic rings. The lowest BCUT2D eigenvalue weighted by Crippen LogP contribution is -2.41. The summed E-state index contributed by atoms with van der Waals surface area (Å²) in [4.78, 5) is 26.6. The number of rotatable bonds is 4. The molecule has 0 fully saturated rings. The molecule has 0 radical (unpaired) electrons. The highest BCUT2D eigenvalue weighted by molar-refractivity contribution is 5.83. The van der Waals surface area contributed by atoms with Crippen molar-refractivity contribution in [3.8, 4) is 0 Å². The topological polar surface area (TPSA) is 49.4 Å². The lowest BCUT2D eigenvalue weighted by Gasteiger charge is -2.36. The summed E-state index contributed by atoms with van der Waals surface area (Å²) in [5, 5.41) is 5.38. The van der Waals surface area contributed by atoms with E-state index in [9.17, 15) is 9.59 Å². The van der Waals surface area contributed by atoms with Crippen molar-refractivity contribution < 1.29 is 9.59 Å². The Morgan fingerprint density at radius 2 is 1.75 bits per heavy atom. The minimum atomic E-state index is -0.195. The third-order valence-corrected chi connectivity index (χ3v) is 5.50. The van der Waals surface area contributed by atoms with Crippen LogP contribution in [0.5, 0.6) is 0 Å². The molecule has 1 atom stereocenters. The summed E-state index contributed by atoms with van der Waals surface area (Å²) in [6, 6.07) is 22.3. The molecule has 4 rings (SSSR count). The number of amides is 2. The average Bonchev–Trinajstić information content (AvgIpc) is 2.72. The number of carbonyl (C=O) groups is 2. The highest BCUT2D eigenvalue weighted by Crippen LogP contribution is 2.32. The van der Waals surface area contributed by atoms with Crippen LogP contribution in [0, 0.1) is 0 Å². The molecule has 3 aromatic carbocycles. The molecule has 1 N–H and O–H groups in total. The maximum absolute atomic E-state index is 12.7. The van der Waals surface area contributed by atoms with E-state index in [0.29, 0.717) is 13.1 Å². The lowest BCUT2D eigenvalue weighted by atomic mass is 9.90. The van der Waals surface area contributed by atoms with Crippen LogP contribution < -0.4 is 5.32 Å². The zero-order valence-corrected chi connectivity index (χ0v) is 16.0. The molecule has 0 spiro atoms. The predicted molar refractivity (Wildman–Crippen MR) is 111 cm³/mol. The molecule has 0 unspecified atom stereocenters. The molecule has 0 aliphatic carbocycles. The van der Waals surface area contributed by atoms with Gasteiger partial charge < -0.3 is 10.2 Å². The van der Waals surface area contributed by atoms with E-state index in [2.05, 4.69) is 35.6 Å². The van der Waals surface area contributed by atoms with Gasteiger partial charge in [0.1, 0.15) is 0 Å². The van der Waals surface area contributed by atoms with Crippen molar-refractivity contribution in [1.29, 1.82) is 0 Å². The Morgan fingerprint density at radius 1 is 1.00 bits per heavy atom. The Labute approximate surface area is 165 Å². The molecule has 4 nitrogen and oxygen atoms in total. The van der Waals surface area contributed by atoms with Gasteiger partial charge in [0, 0.05) is 20.0 Å². The van der Waals surface area contributed by atoms with Gasteiger partial charge in [-0.15, -0.1) is 0 Å². The first-order valence-corrected chi connectivity index (χ1v) is 9.71. The SMILES string of the molecule is CC(=O)N1CCc2ccccc2[C@@H]1CC(=O)NCc1ccc2ccccc2c1. The molecule has 28 heavy (non-hydrogen) atoms. The fourth-order valence-electron chi connectivity index (χ4n) is 4.05. The normalized spacial score (nSPS) is 15.9. The molecule has 1 aliphatic rings. The Bertz CT molecular complexity index is 1030. The average molecular weight is 372 g/mol. The Kier molecular flexibility index (Phi) is 5.11.